The third kappa shape index (κ3) is 4.43. The molecule has 0 aliphatic heterocycles. The molecule has 0 saturated carbocycles. The van der Waals surface area contributed by atoms with E-state index in [9.17, 15) is 10.1 Å². The maximum atomic E-state index is 13.9. The molecule has 2 unspecified atom stereocenters. The van der Waals surface area contributed by atoms with Crippen LogP contribution in [-0.2, 0) is 0 Å². The quantitative estimate of drug-likeness (QED) is 0.305. The van der Waals surface area contributed by atoms with E-state index in [1.807, 2.05) is 84.9 Å². The number of rotatable bonds is 7. The predicted octanol–water partition coefficient (Wildman–Crippen LogP) is 4.99. The second kappa shape index (κ2) is 9.84. The van der Waals surface area contributed by atoms with Crippen LogP contribution in [0.5, 0.6) is 11.5 Å². The van der Waals surface area contributed by atoms with Crippen molar-refractivity contribution in [3.05, 3.63) is 101 Å². The van der Waals surface area contributed by atoms with Crippen molar-refractivity contribution in [2.24, 2.45) is 16.6 Å². The van der Waals surface area contributed by atoms with Crippen LogP contribution in [0.2, 0.25) is 0 Å². The van der Waals surface area contributed by atoms with Gasteiger partial charge in [-0.1, -0.05) is 48.5 Å². The number of nitrogens with one attached hydrogen (secondary N) is 1. The number of ether oxygens (including phenoxy) is 1. The molecule has 0 saturated heterocycles. The molecule has 0 aliphatic carbocycles. The van der Waals surface area contributed by atoms with Gasteiger partial charge in [0.05, 0.1) is 23.2 Å². The summed E-state index contributed by atoms with van der Waals surface area (Å²) in [6.07, 6.45) is 0.948. The van der Waals surface area contributed by atoms with E-state index in [2.05, 4.69) is 4.99 Å². The molecular formula is C27H23N5O2. The zero-order valence-electron chi connectivity index (χ0n) is 18.6. The summed E-state index contributed by atoms with van der Waals surface area (Å²) in [5.74, 6) is 0.183. The highest BCUT2D eigenvalue weighted by Crippen LogP contribution is 2.31. The molecule has 0 spiro atoms. The van der Waals surface area contributed by atoms with Crippen molar-refractivity contribution >= 4 is 22.8 Å². The Labute approximate surface area is 196 Å². The van der Waals surface area contributed by atoms with E-state index in [-0.39, 0.29) is 11.4 Å². The number of aromatic nitrogens is 1. The van der Waals surface area contributed by atoms with Gasteiger partial charge < -0.3 is 15.9 Å². The molecule has 1 aromatic heterocycles. The van der Waals surface area contributed by atoms with Crippen LogP contribution in [0, 0.1) is 22.7 Å². The summed E-state index contributed by atoms with van der Waals surface area (Å²) in [7, 11) is 0. The largest absolute Gasteiger partial charge is 0.457 e. The Morgan fingerprint density at radius 1 is 1.09 bits per heavy atom. The molecule has 4 aromatic rings. The molecule has 0 fully saturated rings. The molecule has 7 heteroatoms. The first-order valence-corrected chi connectivity index (χ1v) is 10.7. The molecular weight excluding hydrogens is 426 g/mol. The molecule has 0 radical (unpaired) electrons. The molecule has 4 rings (SSSR count). The average molecular weight is 450 g/mol. The number of para-hydroxylation sites is 2. The fourth-order valence-electron chi connectivity index (χ4n) is 3.76. The van der Waals surface area contributed by atoms with Gasteiger partial charge >= 0.3 is 0 Å². The second-order valence-electron chi connectivity index (χ2n) is 7.68. The maximum absolute atomic E-state index is 13.9. The van der Waals surface area contributed by atoms with Gasteiger partial charge in [-0.25, -0.2) is 0 Å². The van der Waals surface area contributed by atoms with E-state index in [1.54, 1.807) is 17.6 Å². The molecule has 168 valence electrons. The van der Waals surface area contributed by atoms with Gasteiger partial charge in [-0.05, 0) is 48.7 Å². The van der Waals surface area contributed by atoms with E-state index in [1.165, 1.54) is 0 Å². The molecule has 34 heavy (non-hydrogen) atoms. The maximum Gasteiger partial charge on any atom is 0.267 e. The number of nitrogens with two attached hydrogens (primary N) is 1. The summed E-state index contributed by atoms with van der Waals surface area (Å²) in [6, 6.07) is 27.3. The number of hydrogen-bond acceptors (Lipinski definition) is 5. The van der Waals surface area contributed by atoms with E-state index >= 15 is 0 Å². The Morgan fingerprint density at radius 2 is 1.76 bits per heavy atom. The zero-order valence-corrected chi connectivity index (χ0v) is 18.6. The Bertz CT molecular complexity index is 1450. The lowest BCUT2D eigenvalue weighted by Crippen LogP contribution is -2.26. The van der Waals surface area contributed by atoms with E-state index < -0.39 is 12.0 Å². The lowest BCUT2D eigenvalue weighted by atomic mass is 10.1. The van der Waals surface area contributed by atoms with Crippen molar-refractivity contribution in [2.75, 3.05) is 0 Å². The molecule has 0 bridgehead atoms. The van der Waals surface area contributed by atoms with Crippen LogP contribution >= 0.6 is 0 Å². The van der Waals surface area contributed by atoms with Crippen LogP contribution in [0.15, 0.2) is 94.7 Å². The number of benzene rings is 3. The number of aliphatic imine (C=N–C) groups is 1. The number of amidine groups is 1. The molecule has 2 atom stereocenters. The van der Waals surface area contributed by atoms with Crippen LogP contribution < -0.4 is 16.0 Å². The Hall–Kier alpha value is -4.70. The fraction of sp³-hybridized carbons (Fsp3) is 0.111. The smallest absolute Gasteiger partial charge is 0.267 e. The van der Waals surface area contributed by atoms with Gasteiger partial charge in [0.15, 0.2) is 0 Å². The summed E-state index contributed by atoms with van der Waals surface area (Å²) < 4.78 is 7.66. The summed E-state index contributed by atoms with van der Waals surface area (Å²) in [5, 5.41) is 17.8. The average Bonchev–Trinajstić information content (AvgIpc) is 2.85. The minimum absolute atomic E-state index is 0.0262. The van der Waals surface area contributed by atoms with Gasteiger partial charge in [-0.15, -0.1) is 0 Å². The van der Waals surface area contributed by atoms with Gasteiger partial charge in [0.25, 0.3) is 5.56 Å². The standard InChI is InChI=1S/C27H23N5O2/c1-18(31-26(30)20(16-28)17-29)23-15-19-9-8-14-24(34-22-12-6-3-7-13-22)25(19)27(33)32(23)21-10-4-2-5-11-21/h2-16,18,20,28H,1H3,(H2,30,31). The Morgan fingerprint density at radius 3 is 2.41 bits per heavy atom. The number of hydrogen-bond donors (Lipinski definition) is 2. The first-order chi connectivity index (χ1) is 16.5. The van der Waals surface area contributed by atoms with Crippen LogP contribution in [-0.4, -0.2) is 16.6 Å². The summed E-state index contributed by atoms with van der Waals surface area (Å²) in [5.41, 5.74) is 7.01. The number of pyridine rings is 1. The van der Waals surface area contributed by atoms with Crippen LogP contribution in [0.4, 0.5) is 0 Å². The van der Waals surface area contributed by atoms with Crippen molar-refractivity contribution in [2.45, 2.75) is 13.0 Å². The number of nitrogens with zero attached hydrogens (tertiary/aromatic N) is 3. The first-order valence-electron chi connectivity index (χ1n) is 10.7. The van der Waals surface area contributed by atoms with E-state index in [4.69, 9.17) is 15.9 Å². The van der Waals surface area contributed by atoms with Crippen LogP contribution in [0.3, 0.4) is 0 Å². The van der Waals surface area contributed by atoms with Crippen molar-refractivity contribution < 1.29 is 4.74 Å². The first kappa shape index (κ1) is 22.5. The van der Waals surface area contributed by atoms with Crippen LogP contribution in [0.25, 0.3) is 16.5 Å². The highest BCUT2D eigenvalue weighted by Gasteiger charge is 2.20. The highest BCUT2D eigenvalue weighted by molar-refractivity contribution is 5.98. The second-order valence-corrected chi connectivity index (χ2v) is 7.68. The van der Waals surface area contributed by atoms with Crippen molar-refractivity contribution in [1.82, 2.24) is 4.57 Å². The number of fused-ring (bicyclic) bond motifs is 1. The molecule has 0 aliphatic rings. The van der Waals surface area contributed by atoms with Crippen molar-refractivity contribution in [3.8, 4) is 23.3 Å². The van der Waals surface area contributed by atoms with Gasteiger partial charge in [0.1, 0.15) is 23.3 Å². The van der Waals surface area contributed by atoms with E-state index in [0.717, 1.165) is 6.21 Å². The Balaban J connectivity index is 1.95. The predicted molar refractivity (Wildman–Crippen MR) is 134 cm³/mol. The normalized spacial score (nSPS) is 13.1. The van der Waals surface area contributed by atoms with Crippen molar-refractivity contribution in [3.63, 3.8) is 0 Å². The van der Waals surface area contributed by atoms with Gasteiger partial charge in [-0.2, -0.15) is 5.26 Å². The Kier molecular flexibility index (Phi) is 6.51. The summed E-state index contributed by atoms with van der Waals surface area (Å²) in [4.78, 5) is 18.4. The number of nitriles is 1. The van der Waals surface area contributed by atoms with Gasteiger partial charge in [0, 0.05) is 11.9 Å². The highest BCUT2D eigenvalue weighted by atomic mass is 16.5. The third-order valence-electron chi connectivity index (χ3n) is 5.42. The molecule has 3 aromatic carbocycles. The molecule has 7 nitrogen and oxygen atoms in total. The van der Waals surface area contributed by atoms with Crippen molar-refractivity contribution in [1.29, 1.82) is 10.7 Å². The molecule has 1 heterocycles. The lowest BCUT2D eigenvalue weighted by Gasteiger charge is -2.19. The van der Waals surface area contributed by atoms with Gasteiger partial charge in [0.2, 0.25) is 0 Å². The lowest BCUT2D eigenvalue weighted by molar-refractivity contribution is 0.487. The molecule has 3 N–H and O–H groups in total. The van der Waals surface area contributed by atoms with Gasteiger partial charge in [-0.3, -0.25) is 14.4 Å². The summed E-state index contributed by atoms with van der Waals surface area (Å²) in [6.45, 7) is 1.80. The minimum atomic E-state index is -0.925. The fourth-order valence-corrected chi connectivity index (χ4v) is 3.76. The summed E-state index contributed by atoms with van der Waals surface area (Å²) >= 11 is 0. The van der Waals surface area contributed by atoms with E-state index in [0.29, 0.717) is 33.7 Å². The third-order valence-corrected chi connectivity index (χ3v) is 5.42. The van der Waals surface area contributed by atoms with Crippen LogP contribution in [0.1, 0.15) is 18.7 Å². The SMILES string of the molecule is CC(N=C(N)C(C#N)C=N)c1cc2cccc(Oc3ccccc3)c2c(=O)n1-c1ccccc1. The topological polar surface area (TPSA) is 117 Å². The monoisotopic (exact) mass is 449 g/mol. The zero-order chi connectivity index (χ0) is 24.1. The minimum Gasteiger partial charge on any atom is -0.457 e. The molecule has 0 amide bonds.